The number of hydrogen-bond donors (Lipinski definition) is 1. The number of halogens is 1. The summed E-state index contributed by atoms with van der Waals surface area (Å²) in [5.41, 5.74) is 1.77. The van der Waals surface area contributed by atoms with Gasteiger partial charge in [-0.15, -0.1) is 0 Å². The summed E-state index contributed by atoms with van der Waals surface area (Å²) in [6, 6.07) is 9.04. The minimum absolute atomic E-state index is 0.0778. The Balaban J connectivity index is 1.96. The molecule has 0 unspecified atom stereocenters. The van der Waals surface area contributed by atoms with Crippen LogP contribution in [0.3, 0.4) is 0 Å². The van der Waals surface area contributed by atoms with Crippen LogP contribution in [0.2, 0.25) is 5.02 Å². The molecule has 0 radical (unpaired) electrons. The number of aryl methyl sites for hydroxylation is 1. The van der Waals surface area contributed by atoms with E-state index in [2.05, 4.69) is 10.3 Å². The van der Waals surface area contributed by atoms with Crippen LogP contribution in [0.5, 0.6) is 0 Å². The minimum atomic E-state index is -0.401. The first-order valence-corrected chi connectivity index (χ1v) is 6.53. The van der Waals surface area contributed by atoms with Gasteiger partial charge < -0.3 is 5.32 Å². The largest absolute Gasteiger partial charge is 0.370 e. The van der Waals surface area contributed by atoms with Gasteiger partial charge in [0.05, 0.1) is 11.0 Å². The third-order valence-corrected chi connectivity index (χ3v) is 3.16. The molecule has 104 valence electrons. The fourth-order valence-electron chi connectivity index (χ4n) is 1.79. The van der Waals surface area contributed by atoms with Gasteiger partial charge in [-0.2, -0.15) is 0 Å². The Hall–Kier alpha value is -2.14. The van der Waals surface area contributed by atoms with E-state index in [-0.39, 0.29) is 5.69 Å². The molecule has 20 heavy (non-hydrogen) atoms. The van der Waals surface area contributed by atoms with Gasteiger partial charge in [-0.1, -0.05) is 23.7 Å². The molecule has 2 aromatic rings. The summed E-state index contributed by atoms with van der Waals surface area (Å²) in [5, 5.41) is 14.6. The van der Waals surface area contributed by atoms with Gasteiger partial charge in [0, 0.05) is 23.3 Å². The zero-order valence-corrected chi connectivity index (χ0v) is 11.7. The number of nitrogens with one attached hydrogen (secondary N) is 1. The van der Waals surface area contributed by atoms with E-state index < -0.39 is 4.92 Å². The quantitative estimate of drug-likeness (QED) is 0.675. The summed E-state index contributed by atoms with van der Waals surface area (Å²) in [5.74, 6) is 0.510. The Morgan fingerprint density at radius 3 is 2.70 bits per heavy atom. The van der Waals surface area contributed by atoms with Crippen LogP contribution in [-0.4, -0.2) is 16.5 Å². The third-order valence-electron chi connectivity index (χ3n) is 2.90. The van der Waals surface area contributed by atoms with Gasteiger partial charge in [0.2, 0.25) is 0 Å². The highest BCUT2D eigenvalue weighted by Gasteiger charge is 2.11. The standard InChI is InChI=1S/C14H14ClN3O2/c1-10-9-17-14(8-13(10)18(19)20)16-7-6-11-2-4-12(15)5-3-11/h2-5,8-9H,6-7H2,1H3,(H,16,17). The number of hydrogen-bond acceptors (Lipinski definition) is 4. The first-order valence-electron chi connectivity index (χ1n) is 6.15. The van der Waals surface area contributed by atoms with Crippen molar-refractivity contribution in [2.45, 2.75) is 13.3 Å². The van der Waals surface area contributed by atoms with E-state index in [0.717, 1.165) is 12.0 Å². The normalized spacial score (nSPS) is 10.3. The molecule has 0 bridgehead atoms. The summed E-state index contributed by atoms with van der Waals surface area (Å²) < 4.78 is 0. The minimum Gasteiger partial charge on any atom is -0.370 e. The van der Waals surface area contributed by atoms with Gasteiger partial charge in [0.25, 0.3) is 5.69 Å². The molecule has 2 rings (SSSR count). The van der Waals surface area contributed by atoms with Gasteiger partial charge >= 0.3 is 0 Å². The SMILES string of the molecule is Cc1cnc(NCCc2ccc(Cl)cc2)cc1[N+](=O)[O-]. The predicted octanol–water partition coefficient (Wildman–Crippen LogP) is 3.61. The molecule has 0 aliphatic heterocycles. The lowest BCUT2D eigenvalue weighted by atomic mass is 10.1. The molecule has 1 aromatic heterocycles. The number of benzene rings is 1. The molecule has 0 aliphatic carbocycles. The molecular weight excluding hydrogens is 278 g/mol. The van der Waals surface area contributed by atoms with E-state index in [1.165, 1.54) is 12.3 Å². The molecule has 0 amide bonds. The molecule has 1 heterocycles. The van der Waals surface area contributed by atoms with E-state index >= 15 is 0 Å². The van der Waals surface area contributed by atoms with Crippen molar-refractivity contribution in [2.24, 2.45) is 0 Å². The molecule has 1 N–H and O–H groups in total. The van der Waals surface area contributed by atoms with Crippen molar-refractivity contribution in [3.05, 3.63) is 62.8 Å². The van der Waals surface area contributed by atoms with Crippen LogP contribution < -0.4 is 5.32 Å². The molecule has 0 spiro atoms. The number of anilines is 1. The zero-order valence-electron chi connectivity index (χ0n) is 11.0. The van der Waals surface area contributed by atoms with Crippen molar-refractivity contribution < 1.29 is 4.92 Å². The van der Waals surface area contributed by atoms with E-state index in [1.807, 2.05) is 24.3 Å². The van der Waals surface area contributed by atoms with Gasteiger partial charge in [0.15, 0.2) is 0 Å². The first-order chi connectivity index (χ1) is 9.56. The second-order valence-corrected chi connectivity index (χ2v) is 4.85. The van der Waals surface area contributed by atoms with Crippen LogP contribution in [0, 0.1) is 17.0 Å². The van der Waals surface area contributed by atoms with Gasteiger partial charge in [-0.25, -0.2) is 4.98 Å². The first kappa shape index (κ1) is 14.3. The molecule has 5 nitrogen and oxygen atoms in total. The molecule has 0 fully saturated rings. The summed E-state index contributed by atoms with van der Waals surface area (Å²) >= 11 is 5.81. The lowest BCUT2D eigenvalue weighted by Crippen LogP contribution is -2.07. The van der Waals surface area contributed by atoms with Gasteiger partial charge in [0.1, 0.15) is 5.82 Å². The summed E-state index contributed by atoms with van der Waals surface area (Å²) in [4.78, 5) is 14.6. The smallest absolute Gasteiger partial charge is 0.277 e. The average Bonchev–Trinajstić information content (AvgIpc) is 2.42. The Morgan fingerprint density at radius 1 is 1.35 bits per heavy atom. The number of pyridine rings is 1. The van der Waals surface area contributed by atoms with Crippen molar-refractivity contribution in [3.8, 4) is 0 Å². The van der Waals surface area contributed by atoms with Crippen molar-refractivity contribution in [1.82, 2.24) is 4.98 Å². The topological polar surface area (TPSA) is 68.1 Å². The number of nitro groups is 1. The highest BCUT2D eigenvalue weighted by molar-refractivity contribution is 6.30. The molecule has 0 aliphatic rings. The van der Waals surface area contributed by atoms with E-state index in [0.29, 0.717) is 22.9 Å². The van der Waals surface area contributed by atoms with E-state index in [1.54, 1.807) is 6.92 Å². The van der Waals surface area contributed by atoms with Crippen molar-refractivity contribution >= 4 is 23.1 Å². The number of rotatable bonds is 5. The summed E-state index contributed by atoms with van der Waals surface area (Å²) in [6.45, 7) is 2.32. The zero-order chi connectivity index (χ0) is 14.5. The maximum atomic E-state index is 10.8. The number of nitrogens with zero attached hydrogens (tertiary/aromatic N) is 2. The Bertz CT molecular complexity index is 614. The van der Waals surface area contributed by atoms with Crippen LogP contribution in [0.1, 0.15) is 11.1 Å². The molecule has 6 heteroatoms. The van der Waals surface area contributed by atoms with Crippen LogP contribution in [0.4, 0.5) is 11.5 Å². The van der Waals surface area contributed by atoms with Crippen molar-refractivity contribution in [2.75, 3.05) is 11.9 Å². The van der Waals surface area contributed by atoms with Crippen LogP contribution in [0.25, 0.3) is 0 Å². The maximum absolute atomic E-state index is 10.8. The molecule has 0 saturated carbocycles. The Labute approximate surface area is 121 Å². The fourth-order valence-corrected chi connectivity index (χ4v) is 1.92. The predicted molar refractivity (Wildman–Crippen MR) is 79.3 cm³/mol. The Morgan fingerprint density at radius 2 is 2.05 bits per heavy atom. The lowest BCUT2D eigenvalue weighted by Gasteiger charge is -2.06. The molecule has 0 atom stereocenters. The Kier molecular flexibility index (Phi) is 4.53. The van der Waals surface area contributed by atoms with Crippen molar-refractivity contribution in [3.63, 3.8) is 0 Å². The fraction of sp³-hybridized carbons (Fsp3) is 0.214. The molecule has 1 aromatic carbocycles. The maximum Gasteiger partial charge on any atom is 0.277 e. The monoisotopic (exact) mass is 291 g/mol. The van der Waals surface area contributed by atoms with Crippen LogP contribution in [-0.2, 0) is 6.42 Å². The molecular formula is C14H14ClN3O2. The van der Waals surface area contributed by atoms with Crippen LogP contribution >= 0.6 is 11.6 Å². The second-order valence-electron chi connectivity index (χ2n) is 4.42. The van der Waals surface area contributed by atoms with E-state index in [9.17, 15) is 10.1 Å². The summed E-state index contributed by atoms with van der Waals surface area (Å²) in [7, 11) is 0. The average molecular weight is 292 g/mol. The van der Waals surface area contributed by atoms with E-state index in [4.69, 9.17) is 11.6 Å². The third kappa shape index (κ3) is 3.68. The van der Waals surface area contributed by atoms with Crippen LogP contribution in [0.15, 0.2) is 36.5 Å². The number of aromatic nitrogens is 1. The van der Waals surface area contributed by atoms with Crippen molar-refractivity contribution in [1.29, 1.82) is 0 Å². The highest BCUT2D eigenvalue weighted by Crippen LogP contribution is 2.19. The lowest BCUT2D eigenvalue weighted by molar-refractivity contribution is -0.385. The second kappa shape index (κ2) is 6.34. The van der Waals surface area contributed by atoms with Gasteiger partial charge in [-0.3, -0.25) is 10.1 Å². The molecule has 0 saturated heterocycles. The van der Waals surface area contributed by atoms with Gasteiger partial charge in [-0.05, 0) is 31.0 Å². The summed E-state index contributed by atoms with van der Waals surface area (Å²) in [6.07, 6.45) is 2.29. The highest BCUT2D eigenvalue weighted by atomic mass is 35.5.